The summed E-state index contributed by atoms with van der Waals surface area (Å²) in [6.45, 7) is 6.50. The van der Waals surface area contributed by atoms with Crippen molar-refractivity contribution < 1.29 is 24.5 Å². The van der Waals surface area contributed by atoms with E-state index in [1.54, 1.807) is 12.0 Å². The van der Waals surface area contributed by atoms with Crippen LogP contribution in [0.3, 0.4) is 0 Å². The average molecular weight is 379 g/mol. The number of aryl methyl sites for hydroxylation is 1. The van der Waals surface area contributed by atoms with Gasteiger partial charge in [0.05, 0.1) is 24.8 Å². The van der Waals surface area contributed by atoms with Crippen LogP contribution in [0.5, 0.6) is 5.75 Å². The molecule has 27 heavy (non-hydrogen) atoms. The van der Waals surface area contributed by atoms with E-state index in [0.29, 0.717) is 24.4 Å². The zero-order valence-electron chi connectivity index (χ0n) is 16.2. The summed E-state index contributed by atoms with van der Waals surface area (Å²) in [5, 5.41) is 17.4. The van der Waals surface area contributed by atoms with E-state index < -0.39 is 6.10 Å². The van der Waals surface area contributed by atoms with Gasteiger partial charge in [0.25, 0.3) is 12.4 Å². The smallest absolute Gasteiger partial charge is 0.290 e. The first-order valence-corrected chi connectivity index (χ1v) is 9.04. The Balaban J connectivity index is 0.000000817. The molecule has 0 unspecified atom stereocenters. The third kappa shape index (κ3) is 4.97. The average Bonchev–Trinajstić information content (AvgIpc) is 3.04. The topological polar surface area (TPSA) is 93.5 Å². The minimum absolute atomic E-state index is 0.0256. The van der Waals surface area contributed by atoms with Gasteiger partial charge in [-0.25, -0.2) is 0 Å². The van der Waals surface area contributed by atoms with Gasteiger partial charge in [0.15, 0.2) is 0 Å². The van der Waals surface area contributed by atoms with Crippen LogP contribution >= 0.6 is 0 Å². The van der Waals surface area contributed by atoms with E-state index in [1.165, 1.54) is 0 Å². The number of rotatable bonds is 3. The predicted octanol–water partition coefficient (Wildman–Crippen LogP) is 0.137. The van der Waals surface area contributed by atoms with E-state index in [1.807, 2.05) is 25.1 Å². The Labute approximate surface area is 159 Å². The number of aliphatic hydroxyl groups excluding tert-OH is 1. The zero-order chi connectivity index (χ0) is 20.0. The molecule has 8 heteroatoms. The molecule has 1 aromatic carbocycles. The standard InChI is InChI=1S/C18H27N3O3.CH2O2/c1-13-5-4-6-16(24-3)17(13)18(23)21-11-14(15(22)12-21)20-9-7-19(2)8-10-20;2-1-3/h4-6,14-15,22H,7-12H2,1-3H3;1H,(H,2,3)/t14-,15-;/m0./s1. The number of ether oxygens (including phenoxy) is 1. The van der Waals surface area contributed by atoms with E-state index in [0.717, 1.165) is 31.7 Å². The van der Waals surface area contributed by atoms with Crippen molar-refractivity contribution in [3.8, 4) is 5.75 Å². The lowest BCUT2D eigenvalue weighted by atomic mass is 10.1. The maximum atomic E-state index is 13.0. The molecule has 2 atom stereocenters. The number of carbonyl (C=O) groups is 2. The normalized spacial score (nSPS) is 23.5. The van der Waals surface area contributed by atoms with E-state index in [-0.39, 0.29) is 18.4 Å². The third-order valence-corrected chi connectivity index (χ3v) is 5.22. The molecule has 2 N–H and O–H groups in total. The predicted molar refractivity (Wildman–Crippen MR) is 101 cm³/mol. The largest absolute Gasteiger partial charge is 0.496 e. The number of β-amino-alcohol motifs (C(OH)–C–C–N with tert-alkyl or cyclic N) is 1. The number of likely N-dealkylation sites (tertiary alicyclic amines) is 1. The van der Waals surface area contributed by atoms with Gasteiger partial charge in [-0.15, -0.1) is 0 Å². The summed E-state index contributed by atoms with van der Waals surface area (Å²) < 4.78 is 5.36. The van der Waals surface area contributed by atoms with Crippen molar-refractivity contribution in [1.82, 2.24) is 14.7 Å². The number of hydrogen-bond acceptors (Lipinski definition) is 6. The van der Waals surface area contributed by atoms with Gasteiger partial charge >= 0.3 is 0 Å². The molecule has 1 aromatic rings. The number of aliphatic hydroxyl groups is 1. The van der Waals surface area contributed by atoms with Crippen LogP contribution in [0.25, 0.3) is 0 Å². The van der Waals surface area contributed by atoms with Gasteiger partial charge < -0.3 is 24.7 Å². The van der Waals surface area contributed by atoms with Gasteiger partial charge in [-0.1, -0.05) is 12.1 Å². The minimum Gasteiger partial charge on any atom is -0.496 e. The SMILES string of the molecule is COc1cccc(C)c1C(=O)N1C[C@H](O)[C@@H](N2CCN(C)CC2)C1.O=CO. The number of carboxylic acid groups (broad SMARTS) is 1. The molecule has 0 aromatic heterocycles. The van der Waals surface area contributed by atoms with Crippen molar-refractivity contribution >= 4 is 12.4 Å². The highest BCUT2D eigenvalue weighted by Crippen LogP contribution is 2.26. The van der Waals surface area contributed by atoms with Crippen molar-refractivity contribution in [3.05, 3.63) is 29.3 Å². The molecule has 2 aliphatic heterocycles. The van der Waals surface area contributed by atoms with E-state index in [2.05, 4.69) is 16.8 Å². The summed E-state index contributed by atoms with van der Waals surface area (Å²) in [6.07, 6.45) is -0.493. The van der Waals surface area contributed by atoms with E-state index in [9.17, 15) is 9.90 Å². The quantitative estimate of drug-likeness (QED) is 0.722. The van der Waals surface area contributed by atoms with Crippen LogP contribution in [-0.2, 0) is 4.79 Å². The van der Waals surface area contributed by atoms with Gasteiger partial charge in [-0.05, 0) is 25.6 Å². The van der Waals surface area contributed by atoms with Crippen molar-refractivity contribution in [2.24, 2.45) is 0 Å². The summed E-state index contributed by atoms with van der Waals surface area (Å²) >= 11 is 0. The Morgan fingerprint density at radius 3 is 2.44 bits per heavy atom. The van der Waals surface area contributed by atoms with Crippen LogP contribution in [0.2, 0.25) is 0 Å². The first-order valence-electron chi connectivity index (χ1n) is 9.04. The summed E-state index contributed by atoms with van der Waals surface area (Å²) in [4.78, 5) is 27.7. The van der Waals surface area contributed by atoms with Gasteiger partial charge in [-0.2, -0.15) is 0 Å². The first-order chi connectivity index (χ1) is 12.9. The Morgan fingerprint density at radius 1 is 1.22 bits per heavy atom. The number of methoxy groups -OCH3 is 1. The van der Waals surface area contributed by atoms with Crippen LogP contribution in [0.15, 0.2) is 18.2 Å². The monoisotopic (exact) mass is 379 g/mol. The second-order valence-electron chi connectivity index (χ2n) is 6.94. The van der Waals surface area contributed by atoms with Crippen LogP contribution in [0.4, 0.5) is 0 Å². The fraction of sp³-hybridized carbons (Fsp3) is 0.579. The maximum absolute atomic E-state index is 13.0. The zero-order valence-corrected chi connectivity index (χ0v) is 16.2. The lowest BCUT2D eigenvalue weighted by Gasteiger charge is -2.37. The fourth-order valence-electron chi connectivity index (χ4n) is 3.69. The lowest BCUT2D eigenvalue weighted by Crippen LogP contribution is -2.52. The minimum atomic E-state index is -0.493. The number of piperazine rings is 1. The van der Waals surface area contributed by atoms with Crippen LogP contribution in [0, 0.1) is 6.92 Å². The van der Waals surface area contributed by atoms with Gasteiger partial charge in [0.2, 0.25) is 0 Å². The molecule has 150 valence electrons. The summed E-state index contributed by atoms with van der Waals surface area (Å²) in [5.74, 6) is 0.540. The molecule has 2 fully saturated rings. The highest BCUT2D eigenvalue weighted by molar-refractivity contribution is 5.98. The van der Waals surface area contributed by atoms with E-state index >= 15 is 0 Å². The van der Waals surface area contributed by atoms with E-state index in [4.69, 9.17) is 14.6 Å². The maximum Gasteiger partial charge on any atom is 0.290 e. The molecule has 2 aliphatic rings. The molecule has 2 saturated heterocycles. The van der Waals surface area contributed by atoms with Crippen molar-refractivity contribution in [3.63, 3.8) is 0 Å². The number of carbonyl (C=O) groups excluding carboxylic acids is 1. The molecule has 0 aliphatic carbocycles. The van der Waals surface area contributed by atoms with Gasteiger partial charge in [0.1, 0.15) is 5.75 Å². The summed E-state index contributed by atoms with van der Waals surface area (Å²) in [7, 11) is 3.69. The number of amides is 1. The van der Waals surface area contributed by atoms with Gasteiger partial charge in [-0.3, -0.25) is 14.5 Å². The molecule has 0 saturated carbocycles. The molecule has 1 amide bonds. The van der Waals surface area contributed by atoms with Crippen LogP contribution < -0.4 is 4.74 Å². The van der Waals surface area contributed by atoms with Crippen molar-refractivity contribution in [2.75, 3.05) is 53.4 Å². The first kappa shape index (κ1) is 21.1. The fourth-order valence-corrected chi connectivity index (χ4v) is 3.69. The summed E-state index contributed by atoms with van der Waals surface area (Å²) in [6, 6.07) is 5.64. The number of nitrogens with zero attached hydrogens (tertiary/aromatic N) is 3. The lowest BCUT2D eigenvalue weighted by molar-refractivity contribution is -0.122. The molecular weight excluding hydrogens is 350 g/mol. The molecular formula is C19H29N3O5. The molecule has 0 radical (unpaired) electrons. The summed E-state index contributed by atoms with van der Waals surface area (Å²) in [5.41, 5.74) is 1.50. The number of likely N-dealkylation sites (N-methyl/N-ethyl adjacent to an activating group) is 1. The molecule has 3 rings (SSSR count). The van der Waals surface area contributed by atoms with Crippen molar-refractivity contribution in [2.45, 2.75) is 19.1 Å². The number of benzene rings is 1. The van der Waals surface area contributed by atoms with Gasteiger partial charge in [0, 0.05) is 39.3 Å². The molecule has 0 spiro atoms. The second kappa shape index (κ2) is 9.68. The van der Waals surface area contributed by atoms with Crippen LogP contribution in [0.1, 0.15) is 15.9 Å². The number of hydrogen-bond donors (Lipinski definition) is 2. The third-order valence-electron chi connectivity index (χ3n) is 5.22. The Hall–Kier alpha value is -2.16. The Bertz CT molecular complexity index is 646. The Kier molecular flexibility index (Phi) is 7.58. The molecule has 8 nitrogen and oxygen atoms in total. The second-order valence-corrected chi connectivity index (χ2v) is 6.94. The highest BCUT2D eigenvalue weighted by Gasteiger charge is 2.39. The van der Waals surface area contributed by atoms with Crippen LogP contribution in [-0.4, -0.2) is 103 Å². The molecule has 0 bridgehead atoms. The Morgan fingerprint density at radius 2 is 1.85 bits per heavy atom. The molecule has 2 heterocycles. The van der Waals surface area contributed by atoms with Crippen molar-refractivity contribution in [1.29, 1.82) is 0 Å². The highest BCUT2D eigenvalue weighted by atomic mass is 16.5.